The highest BCUT2D eigenvalue weighted by atomic mass is 32.2. The number of nitrogens with zero attached hydrogens (tertiary/aromatic N) is 1. The number of carbonyl (C=O) groups excluding carboxylic acids is 4. The topological polar surface area (TPSA) is 125 Å². The van der Waals surface area contributed by atoms with Crippen LogP contribution in [0.5, 0.6) is 11.5 Å². The summed E-state index contributed by atoms with van der Waals surface area (Å²) in [5, 5.41) is -0.555. The van der Waals surface area contributed by atoms with Crippen LogP contribution in [0.4, 0.5) is 4.79 Å². The van der Waals surface area contributed by atoms with Crippen molar-refractivity contribution in [1.82, 2.24) is 4.90 Å². The zero-order chi connectivity index (χ0) is 21.8. The van der Waals surface area contributed by atoms with Crippen LogP contribution in [0.3, 0.4) is 0 Å². The first-order valence-electron chi connectivity index (χ1n) is 8.56. The summed E-state index contributed by atoms with van der Waals surface area (Å²) in [4.78, 5) is 48.5. The van der Waals surface area contributed by atoms with E-state index in [-0.39, 0.29) is 11.5 Å². The predicted octanol–water partition coefficient (Wildman–Crippen LogP) is 1.94. The summed E-state index contributed by atoms with van der Waals surface area (Å²) in [5.74, 6) is -1.25. The van der Waals surface area contributed by atoms with E-state index < -0.39 is 35.2 Å². The Morgan fingerprint density at radius 1 is 1.21 bits per heavy atom. The highest BCUT2D eigenvalue weighted by molar-refractivity contribution is 8.18. The largest absolute Gasteiger partial charge is 0.493 e. The lowest BCUT2D eigenvalue weighted by Crippen LogP contribution is -2.37. The molecule has 1 fully saturated rings. The van der Waals surface area contributed by atoms with E-state index in [1.165, 1.54) is 13.2 Å². The van der Waals surface area contributed by atoms with Crippen molar-refractivity contribution in [1.29, 1.82) is 0 Å². The third kappa shape index (κ3) is 6.24. The molecule has 9 nitrogen and oxygen atoms in total. The summed E-state index contributed by atoms with van der Waals surface area (Å²) in [5.41, 5.74) is 4.90. The molecule has 0 spiro atoms. The third-order valence-electron chi connectivity index (χ3n) is 3.44. The van der Waals surface area contributed by atoms with Gasteiger partial charge in [-0.1, -0.05) is 6.07 Å². The number of amides is 3. The van der Waals surface area contributed by atoms with Crippen molar-refractivity contribution in [3.05, 3.63) is 28.7 Å². The first kappa shape index (κ1) is 22.3. The molecule has 1 aliphatic heterocycles. The van der Waals surface area contributed by atoms with E-state index in [0.717, 1.165) is 16.7 Å². The highest BCUT2D eigenvalue weighted by Crippen LogP contribution is 2.34. The summed E-state index contributed by atoms with van der Waals surface area (Å²) < 4.78 is 15.6. The summed E-state index contributed by atoms with van der Waals surface area (Å²) in [6.45, 7) is 4.33. The average Bonchev–Trinajstić information content (AvgIpc) is 2.86. The summed E-state index contributed by atoms with van der Waals surface area (Å²) in [6, 6.07) is 4.76. The second-order valence-corrected chi connectivity index (χ2v) is 8.01. The third-order valence-corrected chi connectivity index (χ3v) is 4.34. The normalized spacial score (nSPS) is 15.6. The van der Waals surface area contributed by atoms with Gasteiger partial charge in [0.15, 0.2) is 18.1 Å². The van der Waals surface area contributed by atoms with E-state index in [4.69, 9.17) is 19.9 Å². The van der Waals surface area contributed by atoms with Crippen LogP contribution in [-0.4, -0.2) is 53.8 Å². The van der Waals surface area contributed by atoms with Gasteiger partial charge in [-0.25, -0.2) is 0 Å². The molecule has 0 radical (unpaired) electrons. The lowest BCUT2D eigenvalue weighted by molar-refractivity contribution is -0.156. The zero-order valence-electron chi connectivity index (χ0n) is 16.5. The van der Waals surface area contributed by atoms with Crippen LogP contribution in [0.25, 0.3) is 6.08 Å². The Morgan fingerprint density at radius 2 is 1.90 bits per heavy atom. The number of carbonyl (C=O) groups is 4. The molecule has 0 unspecified atom stereocenters. The van der Waals surface area contributed by atoms with Crippen LogP contribution < -0.4 is 15.2 Å². The molecule has 2 N–H and O–H groups in total. The fourth-order valence-corrected chi connectivity index (χ4v) is 3.17. The van der Waals surface area contributed by atoms with Gasteiger partial charge in [0.25, 0.3) is 17.1 Å². The zero-order valence-corrected chi connectivity index (χ0v) is 17.3. The monoisotopic (exact) mass is 422 g/mol. The SMILES string of the molecule is COc1cc(C=C2SC(=O)N(CC(=O)OC(C)(C)C)C2=O)ccc1OCC(N)=O. The number of imide groups is 1. The summed E-state index contributed by atoms with van der Waals surface area (Å²) >= 11 is 0.726. The number of primary amides is 1. The van der Waals surface area contributed by atoms with Gasteiger partial charge in [-0.3, -0.25) is 24.1 Å². The standard InChI is InChI=1S/C19H22N2O7S/c1-19(2,3)28-16(23)9-21-17(24)14(29-18(21)25)8-11-5-6-12(13(7-11)26-4)27-10-15(20)22/h5-8H,9-10H2,1-4H3,(H2,20,22). The van der Waals surface area contributed by atoms with Crippen molar-refractivity contribution in [2.24, 2.45) is 5.73 Å². The van der Waals surface area contributed by atoms with E-state index >= 15 is 0 Å². The second-order valence-electron chi connectivity index (χ2n) is 7.02. The van der Waals surface area contributed by atoms with E-state index in [1.807, 2.05) is 0 Å². The van der Waals surface area contributed by atoms with Gasteiger partial charge >= 0.3 is 5.97 Å². The lowest BCUT2D eigenvalue weighted by Gasteiger charge is -2.21. The van der Waals surface area contributed by atoms with Crippen LogP contribution in [0.15, 0.2) is 23.1 Å². The maximum absolute atomic E-state index is 12.5. The van der Waals surface area contributed by atoms with E-state index in [9.17, 15) is 19.2 Å². The van der Waals surface area contributed by atoms with Crippen LogP contribution in [0, 0.1) is 0 Å². The molecule has 0 bridgehead atoms. The molecule has 156 valence electrons. The molecule has 0 atom stereocenters. The van der Waals surface area contributed by atoms with Crippen LogP contribution in [0.1, 0.15) is 26.3 Å². The number of benzene rings is 1. The summed E-state index contributed by atoms with van der Waals surface area (Å²) in [7, 11) is 1.42. The first-order valence-corrected chi connectivity index (χ1v) is 9.38. The molecule has 29 heavy (non-hydrogen) atoms. The molecule has 1 aromatic carbocycles. The second kappa shape index (κ2) is 8.99. The molecule has 0 aliphatic carbocycles. The number of nitrogens with two attached hydrogens (primary N) is 1. The smallest absolute Gasteiger partial charge is 0.326 e. The molecule has 10 heteroatoms. The molecular formula is C19H22N2O7S. The van der Waals surface area contributed by atoms with Crippen molar-refractivity contribution in [3.8, 4) is 11.5 Å². The Balaban J connectivity index is 2.16. The molecule has 0 aromatic heterocycles. The molecule has 2 rings (SSSR count). The van der Waals surface area contributed by atoms with E-state index in [0.29, 0.717) is 17.1 Å². The van der Waals surface area contributed by atoms with Crippen LogP contribution >= 0.6 is 11.8 Å². The van der Waals surface area contributed by atoms with Gasteiger partial charge in [-0.05, 0) is 56.3 Å². The van der Waals surface area contributed by atoms with E-state index in [1.54, 1.807) is 39.0 Å². The molecule has 3 amide bonds. The quantitative estimate of drug-likeness (QED) is 0.522. The van der Waals surface area contributed by atoms with Gasteiger partial charge < -0.3 is 19.9 Å². The minimum absolute atomic E-state index is 0.159. The fraction of sp³-hybridized carbons (Fsp3) is 0.368. The molecule has 1 saturated heterocycles. The van der Waals surface area contributed by atoms with E-state index in [2.05, 4.69) is 0 Å². The Morgan fingerprint density at radius 3 is 2.48 bits per heavy atom. The summed E-state index contributed by atoms with van der Waals surface area (Å²) in [6.07, 6.45) is 1.50. The maximum Gasteiger partial charge on any atom is 0.326 e. The molecule has 1 aromatic rings. The average molecular weight is 422 g/mol. The van der Waals surface area contributed by atoms with Gasteiger partial charge in [-0.2, -0.15) is 0 Å². The number of hydrogen-bond acceptors (Lipinski definition) is 8. The fourth-order valence-electron chi connectivity index (χ4n) is 2.33. The number of esters is 1. The Hall–Kier alpha value is -3.01. The minimum Gasteiger partial charge on any atom is -0.493 e. The lowest BCUT2D eigenvalue weighted by atomic mass is 10.2. The maximum atomic E-state index is 12.5. The molecule has 1 heterocycles. The number of hydrogen-bond donors (Lipinski definition) is 1. The number of rotatable bonds is 7. The van der Waals surface area contributed by atoms with Crippen molar-refractivity contribution in [3.63, 3.8) is 0 Å². The molecule has 0 saturated carbocycles. The van der Waals surface area contributed by atoms with Crippen molar-refractivity contribution in [2.75, 3.05) is 20.3 Å². The number of methoxy groups -OCH3 is 1. The Bertz CT molecular complexity index is 874. The van der Waals surface area contributed by atoms with Gasteiger partial charge in [0.1, 0.15) is 12.1 Å². The van der Waals surface area contributed by atoms with Gasteiger partial charge in [0.05, 0.1) is 12.0 Å². The number of ether oxygens (including phenoxy) is 3. The molecule has 1 aliphatic rings. The molecular weight excluding hydrogens is 400 g/mol. The van der Waals surface area contributed by atoms with Crippen molar-refractivity contribution < 1.29 is 33.4 Å². The number of thioether (sulfide) groups is 1. The Labute approximate surface area is 172 Å². The first-order chi connectivity index (χ1) is 13.5. The van der Waals surface area contributed by atoms with Crippen LogP contribution in [-0.2, 0) is 19.1 Å². The van der Waals surface area contributed by atoms with Crippen LogP contribution in [0.2, 0.25) is 0 Å². The highest BCUT2D eigenvalue weighted by Gasteiger charge is 2.37. The van der Waals surface area contributed by atoms with Gasteiger partial charge in [0.2, 0.25) is 0 Å². The van der Waals surface area contributed by atoms with Crippen molar-refractivity contribution in [2.45, 2.75) is 26.4 Å². The van der Waals surface area contributed by atoms with Gasteiger partial charge in [0, 0.05) is 0 Å². The predicted molar refractivity (Wildman–Crippen MR) is 106 cm³/mol. The Kier molecular flexibility index (Phi) is 6.91. The van der Waals surface area contributed by atoms with Crippen molar-refractivity contribution >= 4 is 40.9 Å². The minimum atomic E-state index is -0.719. The van der Waals surface area contributed by atoms with Gasteiger partial charge in [-0.15, -0.1) is 0 Å².